The molecule has 2 aromatic carbocycles. The van der Waals surface area contributed by atoms with E-state index >= 15 is 0 Å². The molecule has 0 radical (unpaired) electrons. The molecule has 1 aliphatic heterocycles. The van der Waals surface area contributed by atoms with Crippen LogP contribution in [0.5, 0.6) is 0 Å². The minimum atomic E-state index is -0.192. The quantitative estimate of drug-likeness (QED) is 0.865. The summed E-state index contributed by atoms with van der Waals surface area (Å²) in [5, 5.41) is 3.98. The van der Waals surface area contributed by atoms with E-state index in [-0.39, 0.29) is 11.2 Å². The fraction of sp³-hybridized carbons (Fsp3) is 0.250. The van der Waals surface area contributed by atoms with Crippen LogP contribution in [0.4, 0.5) is 4.39 Å². The van der Waals surface area contributed by atoms with E-state index in [4.69, 9.17) is 11.6 Å². The van der Waals surface area contributed by atoms with Crippen molar-refractivity contribution in [3.05, 3.63) is 68.9 Å². The highest BCUT2D eigenvalue weighted by molar-refractivity contribution is 9.10. The second kappa shape index (κ2) is 5.47. The summed E-state index contributed by atoms with van der Waals surface area (Å²) in [5.74, 6) is -0.137. The summed E-state index contributed by atoms with van der Waals surface area (Å²) in [6, 6.07) is 12.9. The second-order valence-corrected chi connectivity index (χ2v) is 6.60. The Kier molecular flexibility index (Phi) is 3.85. The van der Waals surface area contributed by atoms with Gasteiger partial charge in [-0.05, 0) is 35.7 Å². The summed E-state index contributed by atoms with van der Waals surface area (Å²) >= 11 is 9.71. The molecular formula is C16H14BrClFN. The molecular weight excluding hydrogens is 341 g/mol. The second-order valence-electron chi connectivity index (χ2n) is 5.28. The fourth-order valence-corrected chi connectivity index (χ4v) is 3.50. The summed E-state index contributed by atoms with van der Waals surface area (Å²) in [4.78, 5) is 0. The molecule has 0 aliphatic carbocycles. The van der Waals surface area contributed by atoms with E-state index in [1.54, 1.807) is 6.07 Å². The molecule has 0 atom stereocenters. The molecule has 0 bridgehead atoms. The zero-order valence-electron chi connectivity index (χ0n) is 10.8. The Labute approximate surface area is 131 Å². The Hall–Kier alpha value is -0.900. The average molecular weight is 355 g/mol. The zero-order chi connectivity index (χ0) is 14.2. The first-order valence-corrected chi connectivity index (χ1v) is 7.67. The Morgan fingerprint density at radius 3 is 2.55 bits per heavy atom. The number of hydrogen-bond donors (Lipinski definition) is 1. The molecule has 0 amide bonds. The van der Waals surface area contributed by atoms with Crippen LogP contribution < -0.4 is 5.32 Å². The van der Waals surface area contributed by atoms with Gasteiger partial charge >= 0.3 is 0 Å². The van der Waals surface area contributed by atoms with Crippen LogP contribution >= 0.6 is 27.5 Å². The van der Waals surface area contributed by atoms with Gasteiger partial charge in [-0.1, -0.05) is 51.8 Å². The highest BCUT2D eigenvalue weighted by Crippen LogP contribution is 2.36. The van der Waals surface area contributed by atoms with Crippen LogP contribution in [0, 0.1) is 5.82 Å². The molecule has 1 N–H and O–H groups in total. The van der Waals surface area contributed by atoms with Crippen molar-refractivity contribution in [1.82, 2.24) is 5.32 Å². The maximum atomic E-state index is 14.1. The number of benzene rings is 2. The SMILES string of the molecule is Fc1ccccc1C1(Cc2ccc(Br)cc2Cl)CNC1. The monoisotopic (exact) mass is 353 g/mol. The minimum Gasteiger partial charge on any atom is -0.315 e. The fourth-order valence-electron chi connectivity index (χ4n) is 2.76. The largest absolute Gasteiger partial charge is 0.315 e. The number of halogens is 3. The van der Waals surface area contributed by atoms with Crippen LogP contribution in [0.25, 0.3) is 0 Å². The normalized spacial score (nSPS) is 16.8. The molecule has 1 aliphatic rings. The predicted molar refractivity (Wildman–Crippen MR) is 83.8 cm³/mol. The number of nitrogens with one attached hydrogen (secondary N) is 1. The van der Waals surface area contributed by atoms with Gasteiger partial charge < -0.3 is 5.32 Å². The maximum Gasteiger partial charge on any atom is 0.127 e. The first kappa shape index (κ1) is 14.1. The van der Waals surface area contributed by atoms with Crippen molar-refractivity contribution >= 4 is 27.5 Å². The van der Waals surface area contributed by atoms with Crippen molar-refractivity contribution < 1.29 is 4.39 Å². The molecule has 2 aromatic rings. The molecule has 1 saturated heterocycles. The molecule has 0 spiro atoms. The van der Waals surface area contributed by atoms with Gasteiger partial charge in [0, 0.05) is 28.0 Å². The third kappa shape index (κ3) is 2.50. The van der Waals surface area contributed by atoms with Crippen LogP contribution in [-0.4, -0.2) is 13.1 Å². The topological polar surface area (TPSA) is 12.0 Å². The highest BCUT2D eigenvalue weighted by Gasteiger charge is 2.40. The first-order valence-electron chi connectivity index (χ1n) is 6.50. The summed E-state index contributed by atoms with van der Waals surface area (Å²) < 4.78 is 15.1. The van der Waals surface area contributed by atoms with E-state index in [0.717, 1.165) is 40.1 Å². The number of hydrogen-bond acceptors (Lipinski definition) is 1. The van der Waals surface area contributed by atoms with Gasteiger partial charge in [-0.25, -0.2) is 4.39 Å². The molecule has 1 heterocycles. The minimum absolute atomic E-state index is 0.137. The third-order valence-electron chi connectivity index (χ3n) is 3.92. The summed E-state index contributed by atoms with van der Waals surface area (Å²) in [6.07, 6.45) is 0.743. The molecule has 0 aromatic heterocycles. The Bertz CT molecular complexity index is 640. The zero-order valence-corrected chi connectivity index (χ0v) is 13.1. The summed E-state index contributed by atoms with van der Waals surface area (Å²) in [7, 11) is 0. The van der Waals surface area contributed by atoms with Crippen molar-refractivity contribution in [1.29, 1.82) is 0 Å². The Morgan fingerprint density at radius 1 is 1.20 bits per heavy atom. The van der Waals surface area contributed by atoms with Gasteiger partial charge in [0.05, 0.1) is 0 Å². The van der Waals surface area contributed by atoms with Gasteiger partial charge in [-0.3, -0.25) is 0 Å². The lowest BCUT2D eigenvalue weighted by molar-refractivity contribution is 0.266. The van der Waals surface area contributed by atoms with Crippen molar-refractivity contribution in [2.75, 3.05) is 13.1 Å². The van der Waals surface area contributed by atoms with Gasteiger partial charge in [0.15, 0.2) is 0 Å². The lowest BCUT2D eigenvalue weighted by Gasteiger charge is -2.43. The first-order chi connectivity index (χ1) is 9.61. The molecule has 0 unspecified atom stereocenters. The smallest absolute Gasteiger partial charge is 0.127 e. The molecule has 104 valence electrons. The van der Waals surface area contributed by atoms with Crippen LogP contribution in [0.1, 0.15) is 11.1 Å². The van der Waals surface area contributed by atoms with Crippen LogP contribution in [0.3, 0.4) is 0 Å². The molecule has 1 fully saturated rings. The molecule has 1 nitrogen and oxygen atoms in total. The van der Waals surface area contributed by atoms with Gasteiger partial charge in [0.25, 0.3) is 0 Å². The predicted octanol–water partition coefficient (Wildman–Crippen LogP) is 4.33. The standard InChI is InChI=1S/C16H14BrClFN/c17-12-6-5-11(14(18)7-12)8-16(9-20-10-16)13-3-1-2-4-15(13)19/h1-7,20H,8-10H2. The van der Waals surface area contributed by atoms with E-state index in [1.807, 2.05) is 30.3 Å². The molecule has 4 heteroatoms. The average Bonchev–Trinajstić information content (AvgIpc) is 2.37. The van der Waals surface area contributed by atoms with Crippen molar-refractivity contribution in [2.24, 2.45) is 0 Å². The molecule has 0 saturated carbocycles. The van der Waals surface area contributed by atoms with Gasteiger partial charge in [0.2, 0.25) is 0 Å². The van der Waals surface area contributed by atoms with E-state index in [0.29, 0.717) is 0 Å². The molecule has 20 heavy (non-hydrogen) atoms. The van der Waals surface area contributed by atoms with E-state index < -0.39 is 0 Å². The van der Waals surface area contributed by atoms with Crippen LogP contribution in [0.15, 0.2) is 46.9 Å². The number of rotatable bonds is 3. The van der Waals surface area contributed by atoms with Crippen molar-refractivity contribution in [3.8, 4) is 0 Å². The van der Waals surface area contributed by atoms with Crippen LogP contribution in [-0.2, 0) is 11.8 Å². The van der Waals surface area contributed by atoms with Crippen molar-refractivity contribution in [2.45, 2.75) is 11.8 Å². The van der Waals surface area contributed by atoms with E-state index in [2.05, 4.69) is 21.2 Å². The van der Waals surface area contributed by atoms with Crippen LogP contribution in [0.2, 0.25) is 5.02 Å². The lowest BCUT2D eigenvalue weighted by atomic mass is 9.71. The lowest BCUT2D eigenvalue weighted by Crippen LogP contribution is -2.58. The molecule has 3 rings (SSSR count). The summed E-state index contributed by atoms with van der Waals surface area (Å²) in [6.45, 7) is 1.56. The highest BCUT2D eigenvalue weighted by atomic mass is 79.9. The van der Waals surface area contributed by atoms with Gasteiger partial charge in [0.1, 0.15) is 5.82 Å². The maximum absolute atomic E-state index is 14.1. The Balaban J connectivity index is 1.96. The Morgan fingerprint density at radius 2 is 1.95 bits per heavy atom. The van der Waals surface area contributed by atoms with E-state index in [1.165, 1.54) is 6.07 Å². The van der Waals surface area contributed by atoms with E-state index in [9.17, 15) is 4.39 Å². The third-order valence-corrected chi connectivity index (χ3v) is 4.76. The van der Waals surface area contributed by atoms with Crippen molar-refractivity contribution in [3.63, 3.8) is 0 Å². The van der Waals surface area contributed by atoms with Gasteiger partial charge in [-0.15, -0.1) is 0 Å². The van der Waals surface area contributed by atoms with Gasteiger partial charge in [-0.2, -0.15) is 0 Å². The summed E-state index contributed by atoms with van der Waals surface area (Å²) in [5.41, 5.74) is 1.64.